The quantitative estimate of drug-likeness (QED) is 0.840. The molecule has 0 spiro atoms. The van der Waals surface area contributed by atoms with E-state index in [-0.39, 0.29) is 17.6 Å². The minimum absolute atomic E-state index is 0.0200. The molecule has 2 amide bonds. The molecule has 1 aromatic rings. The number of hydrogen-bond acceptors (Lipinski definition) is 1. The van der Waals surface area contributed by atoms with Gasteiger partial charge < -0.3 is 10.6 Å². The van der Waals surface area contributed by atoms with E-state index in [2.05, 4.69) is 10.6 Å². The molecule has 0 heterocycles. The summed E-state index contributed by atoms with van der Waals surface area (Å²) in [6.07, 6.45) is 0. The van der Waals surface area contributed by atoms with Crippen LogP contribution >= 0.6 is 0 Å². The number of nitrogens with one attached hydrogen (secondary N) is 2. The van der Waals surface area contributed by atoms with Gasteiger partial charge in [-0.3, -0.25) is 0 Å². The van der Waals surface area contributed by atoms with Crippen LogP contribution in [-0.2, 0) is 0 Å². The lowest BCUT2D eigenvalue weighted by Crippen LogP contribution is -2.39. The first-order chi connectivity index (χ1) is 7.88. The number of amides is 2. The van der Waals surface area contributed by atoms with Crippen LogP contribution in [0.2, 0.25) is 0 Å². The van der Waals surface area contributed by atoms with Gasteiger partial charge in [0.15, 0.2) is 0 Å². The molecule has 0 aliphatic carbocycles. The molecule has 0 aliphatic rings. The second-order valence-corrected chi connectivity index (χ2v) is 4.29. The molecule has 17 heavy (non-hydrogen) atoms. The van der Waals surface area contributed by atoms with Crippen molar-refractivity contribution in [2.24, 2.45) is 5.92 Å². The van der Waals surface area contributed by atoms with Crippen LogP contribution in [0.15, 0.2) is 18.2 Å². The Morgan fingerprint density at radius 1 is 1.12 bits per heavy atom. The first-order valence-corrected chi connectivity index (χ1v) is 5.42. The Hall–Kier alpha value is -1.65. The average Bonchev–Trinajstić information content (AvgIpc) is 2.14. The zero-order chi connectivity index (χ0) is 13.0. The highest BCUT2D eigenvalue weighted by Gasteiger charge is 2.11. The van der Waals surface area contributed by atoms with Crippen LogP contribution in [0.1, 0.15) is 20.8 Å². The standard InChI is InChI=1S/C12H16F2N2O/c1-7(2)8(3)15-12(17)16-11-5-9(13)4-10(14)6-11/h4-8H,1-3H3,(H2,15,16,17)/t8-/m0/s1. The second kappa shape index (κ2) is 5.61. The zero-order valence-corrected chi connectivity index (χ0v) is 10.1. The Labute approximate surface area is 99.2 Å². The van der Waals surface area contributed by atoms with E-state index >= 15 is 0 Å². The van der Waals surface area contributed by atoms with E-state index in [1.165, 1.54) is 0 Å². The van der Waals surface area contributed by atoms with Crippen LogP contribution < -0.4 is 10.6 Å². The number of halogens is 2. The lowest BCUT2D eigenvalue weighted by molar-refractivity contribution is 0.246. The molecule has 1 atom stereocenters. The Kier molecular flexibility index (Phi) is 4.43. The fourth-order valence-electron chi connectivity index (χ4n) is 1.17. The first kappa shape index (κ1) is 13.4. The van der Waals surface area contributed by atoms with Crippen LogP contribution in [0.5, 0.6) is 0 Å². The molecule has 5 heteroatoms. The van der Waals surface area contributed by atoms with E-state index in [9.17, 15) is 13.6 Å². The van der Waals surface area contributed by atoms with Gasteiger partial charge in [0, 0.05) is 17.8 Å². The number of rotatable bonds is 3. The van der Waals surface area contributed by atoms with Gasteiger partial charge in [0.05, 0.1) is 0 Å². The lowest BCUT2D eigenvalue weighted by Gasteiger charge is -2.17. The predicted octanol–water partition coefficient (Wildman–Crippen LogP) is 3.13. The van der Waals surface area contributed by atoms with E-state index in [0.29, 0.717) is 0 Å². The van der Waals surface area contributed by atoms with Gasteiger partial charge in [-0.05, 0) is 25.0 Å². The molecule has 0 unspecified atom stereocenters. The average molecular weight is 242 g/mol. The highest BCUT2D eigenvalue weighted by molar-refractivity contribution is 5.89. The maximum absolute atomic E-state index is 12.9. The number of anilines is 1. The Morgan fingerprint density at radius 2 is 1.65 bits per heavy atom. The topological polar surface area (TPSA) is 41.1 Å². The molecule has 0 bridgehead atoms. The second-order valence-electron chi connectivity index (χ2n) is 4.29. The molecule has 0 aromatic heterocycles. The third-order valence-electron chi connectivity index (χ3n) is 2.48. The number of carbonyl (C=O) groups excluding carboxylic acids is 1. The number of carbonyl (C=O) groups is 1. The third kappa shape index (κ3) is 4.38. The molecule has 0 aliphatic heterocycles. The Balaban J connectivity index is 2.62. The van der Waals surface area contributed by atoms with Crippen molar-refractivity contribution in [2.75, 3.05) is 5.32 Å². The minimum Gasteiger partial charge on any atom is -0.335 e. The summed E-state index contributed by atoms with van der Waals surface area (Å²) in [5, 5.41) is 5.05. The molecule has 1 rings (SSSR count). The summed E-state index contributed by atoms with van der Waals surface area (Å²) < 4.78 is 25.7. The highest BCUT2D eigenvalue weighted by Crippen LogP contribution is 2.12. The third-order valence-corrected chi connectivity index (χ3v) is 2.48. The minimum atomic E-state index is -0.725. The summed E-state index contributed by atoms with van der Waals surface area (Å²) in [6, 6.07) is 2.37. The molecule has 0 saturated heterocycles. The van der Waals surface area contributed by atoms with Gasteiger partial charge in [0.25, 0.3) is 0 Å². The molecule has 0 fully saturated rings. The fourth-order valence-corrected chi connectivity index (χ4v) is 1.17. The molecule has 0 radical (unpaired) electrons. The smallest absolute Gasteiger partial charge is 0.319 e. The maximum Gasteiger partial charge on any atom is 0.319 e. The first-order valence-electron chi connectivity index (χ1n) is 5.42. The van der Waals surface area contributed by atoms with Crippen molar-refractivity contribution in [3.8, 4) is 0 Å². The van der Waals surface area contributed by atoms with Crippen molar-refractivity contribution in [1.82, 2.24) is 5.32 Å². The monoisotopic (exact) mass is 242 g/mol. The van der Waals surface area contributed by atoms with Crippen molar-refractivity contribution in [3.63, 3.8) is 0 Å². The summed E-state index contributed by atoms with van der Waals surface area (Å²) in [5.74, 6) is -1.17. The van der Waals surface area contributed by atoms with E-state index < -0.39 is 17.7 Å². The van der Waals surface area contributed by atoms with Gasteiger partial charge in [-0.15, -0.1) is 0 Å². The van der Waals surface area contributed by atoms with Gasteiger partial charge in [-0.2, -0.15) is 0 Å². The Bertz CT molecular complexity index is 387. The van der Waals surface area contributed by atoms with Crippen molar-refractivity contribution in [2.45, 2.75) is 26.8 Å². The van der Waals surface area contributed by atoms with Gasteiger partial charge >= 0.3 is 6.03 Å². The molecule has 1 aromatic carbocycles. The molecule has 94 valence electrons. The van der Waals surface area contributed by atoms with Crippen molar-refractivity contribution in [3.05, 3.63) is 29.8 Å². The van der Waals surface area contributed by atoms with Gasteiger partial charge in [-0.1, -0.05) is 13.8 Å². The largest absolute Gasteiger partial charge is 0.335 e. The summed E-state index contributed by atoms with van der Waals surface area (Å²) in [7, 11) is 0. The molecular weight excluding hydrogens is 226 g/mol. The van der Waals surface area contributed by atoms with Gasteiger partial charge in [0.2, 0.25) is 0 Å². The Morgan fingerprint density at radius 3 is 2.12 bits per heavy atom. The SMILES string of the molecule is CC(C)[C@H](C)NC(=O)Nc1cc(F)cc(F)c1. The molecular formula is C12H16F2N2O. The normalized spacial score (nSPS) is 12.4. The van der Waals surface area contributed by atoms with Crippen molar-refractivity contribution in [1.29, 1.82) is 0 Å². The maximum atomic E-state index is 12.9. The van der Waals surface area contributed by atoms with E-state index in [0.717, 1.165) is 18.2 Å². The van der Waals surface area contributed by atoms with E-state index in [4.69, 9.17) is 0 Å². The number of urea groups is 1. The van der Waals surface area contributed by atoms with Crippen molar-refractivity contribution < 1.29 is 13.6 Å². The van der Waals surface area contributed by atoms with Crippen LogP contribution in [0.4, 0.5) is 19.3 Å². The predicted molar refractivity (Wildman–Crippen MR) is 62.8 cm³/mol. The highest BCUT2D eigenvalue weighted by atomic mass is 19.1. The van der Waals surface area contributed by atoms with Crippen molar-refractivity contribution >= 4 is 11.7 Å². The summed E-state index contributed by atoms with van der Waals surface area (Å²) in [6.45, 7) is 5.79. The van der Waals surface area contributed by atoms with Gasteiger partial charge in [-0.25, -0.2) is 13.6 Å². The van der Waals surface area contributed by atoms with Crippen LogP contribution in [0.3, 0.4) is 0 Å². The fraction of sp³-hybridized carbons (Fsp3) is 0.417. The summed E-state index contributed by atoms with van der Waals surface area (Å²) in [4.78, 5) is 11.5. The van der Waals surface area contributed by atoms with Crippen LogP contribution in [0.25, 0.3) is 0 Å². The zero-order valence-electron chi connectivity index (χ0n) is 10.1. The van der Waals surface area contributed by atoms with Crippen LogP contribution in [-0.4, -0.2) is 12.1 Å². The summed E-state index contributed by atoms with van der Waals surface area (Å²) >= 11 is 0. The number of benzene rings is 1. The molecule has 3 nitrogen and oxygen atoms in total. The summed E-state index contributed by atoms with van der Waals surface area (Å²) in [5.41, 5.74) is 0.0935. The molecule has 0 saturated carbocycles. The van der Waals surface area contributed by atoms with E-state index in [1.54, 1.807) is 0 Å². The number of hydrogen-bond donors (Lipinski definition) is 2. The van der Waals surface area contributed by atoms with Gasteiger partial charge in [0.1, 0.15) is 11.6 Å². The van der Waals surface area contributed by atoms with E-state index in [1.807, 2.05) is 20.8 Å². The van der Waals surface area contributed by atoms with Crippen LogP contribution in [0, 0.1) is 17.6 Å². The molecule has 2 N–H and O–H groups in total. The lowest BCUT2D eigenvalue weighted by atomic mass is 10.1.